The van der Waals surface area contributed by atoms with Crippen molar-refractivity contribution in [3.8, 4) is 17.3 Å². The van der Waals surface area contributed by atoms with E-state index in [0.717, 1.165) is 23.2 Å². The molecule has 1 fully saturated rings. The van der Waals surface area contributed by atoms with E-state index in [1.165, 1.54) is 17.0 Å². The molecular formula is C21H16F2N6. The Balaban J connectivity index is 1.41. The summed E-state index contributed by atoms with van der Waals surface area (Å²) in [5.74, 6) is -0.551. The standard InChI is InChI=1S/C21H16F2N6/c1-12-10-29(11-28-12)18-6-13(5-17(22)19(18)23)15-7-16(15)14-8-26-21(27-9-14)20-24-3-2-4-25-20/h2-6,8-11,15-16H,7H2,1H3. The molecule has 0 amide bonds. The van der Waals surface area contributed by atoms with E-state index in [2.05, 4.69) is 24.9 Å². The fourth-order valence-electron chi connectivity index (χ4n) is 3.54. The molecule has 1 saturated carbocycles. The molecule has 6 nitrogen and oxygen atoms in total. The van der Waals surface area contributed by atoms with Crippen LogP contribution in [-0.4, -0.2) is 29.5 Å². The van der Waals surface area contributed by atoms with Crippen molar-refractivity contribution >= 4 is 0 Å². The second-order valence-electron chi connectivity index (χ2n) is 7.12. The number of imidazole rings is 1. The first kappa shape index (κ1) is 17.5. The van der Waals surface area contributed by atoms with Crippen molar-refractivity contribution in [1.29, 1.82) is 0 Å². The first-order chi connectivity index (χ1) is 14.1. The van der Waals surface area contributed by atoms with Gasteiger partial charge in [-0.3, -0.25) is 0 Å². The molecule has 0 aliphatic heterocycles. The van der Waals surface area contributed by atoms with E-state index in [1.54, 1.807) is 50.0 Å². The maximum Gasteiger partial charge on any atom is 0.197 e. The lowest BCUT2D eigenvalue weighted by atomic mass is 10.1. The van der Waals surface area contributed by atoms with Crippen LogP contribution in [0.3, 0.4) is 0 Å². The van der Waals surface area contributed by atoms with Crippen molar-refractivity contribution in [3.05, 3.63) is 84.0 Å². The van der Waals surface area contributed by atoms with Crippen molar-refractivity contribution in [1.82, 2.24) is 29.5 Å². The third kappa shape index (κ3) is 3.26. The number of hydrogen-bond donors (Lipinski definition) is 0. The van der Waals surface area contributed by atoms with Gasteiger partial charge in [-0.15, -0.1) is 0 Å². The summed E-state index contributed by atoms with van der Waals surface area (Å²) in [7, 11) is 0. The molecule has 0 saturated heterocycles. The molecule has 1 aliphatic rings. The van der Waals surface area contributed by atoms with E-state index in [-0.39, 0.29) is 17.5 Å². The Morgan fingerprint density at radius 3 is 2.28 bits per heavy atom. The fraction of sp³-hybridized carbons (Fsp3) is 0.190. The van der Waals surface area contributed by atoms with E-state index in [4.69, 9.17) is 0 Å². The van der Waals surface area contributed by atoms with Crippen LogP contribution < -0.4 is 0 Å². The van der Waals surface area contributed by atoms with Crippen LogP contribution in [0.15, 0.2) is 55.5 Å². The van der Waals surface area contributed by atoms with Gasteiger partial charge in [-0.1, -0.05) is 0 Å². The van der Waals surface area contributed by atoms with Gasteiger partial charge in [0.1, 0.15) is 0 Å². The molecule has 0 spiro atoms. The Morgan fingerprint density at radius 1 is 0.897 bits per heavy atom. The highest BCUT2D eigenvalue weighted by molar-refractivity contribution is 5.46. The predicted molar refractivity (Wildman–Crippen MR) is 101 cm³/mol. The molecule has 0 radical (unpaired) electrons. The molecule has 1 aliphatic carbocycles. The lowest BCUT2D eigenvalue weighted by molar-refractivity contribution is 0.502. The third-order valence-corrected chi connectivity index (χ3v) is 5.11. The Kier molecular flexibility index (Phi) is 4.12. The van der Waals surface area contributed by atoms with Gasteiger partial charge < -0.3 is 4.57 Å². The molecule has 3 heterocycles. The van der Waals surface area contributed by atoms with Crippen LogP contribution in [0.4, 0.5) is 8.78 Å². The van der Waals surface area contributed by atoms with Crippen LogP contribution in [-0.2, 0) is 0 Å². The number of nitrogens with zero attached hydrogens (tertiary/aromatic N) is 6. The highest BCUT2D eigenvalue weighted by Crippen LogP contribution is 2.54. The second-order valence-corrected chi connectivity index (χ2v) is 7.12. The Labute approximate surface area is 165 Å². The molecule has 2 unspecified atom stereocenters. The Hall–Kier alpha value is -3.55. The zero-order chi connectivity index (χ0) is 20.0. The fourth-order valence-corrected chi connectivity index (χ4v) is 3.54. The van der Waals surface area contributed by atoms with E-state index >= 15 is 0 Å². The van der Waals surface area contributed by atoms with Gasteiger partial charge in [0.2, 0.25) is 0 Å². The lowest BCUT2D eigenvalue weighted by Gasteiger charge is -2.09. The van der Waals surface area contributed by atoms with Crippen molar-refractivity contribution in [3.63, 3.8) is 0 Å². The quantitative estimate of drug-likeness (QED) is 0.527. The lowest BCUT2D eigenvalue weighted by Crippen LogP contribution is -2.00. The van der Waals surface area contributed by atoms with Crippen LogP contribution in [0.1, 0.15) is 35.1 Å². The van der Waals surface area contributed by atoms with Crippen LogP contribution in [0.2, 0.25) is 0 Å². The van der Waals surface area contributed by atoms with Crippen LogP contribution >= 0.6 is 0 Å². The summed E-state index contributed by atoms with van der Waals surface area (Å²) in [6.07, 6.45) is 10.8. The number of rotatable bonds is 4. The molecule has 3 aromatic heterocycles. The zero-order valence-corrected chi connectivity index (χ0v) is 15.5. The van der Waals surface area contributed by atoms with Crippen molar-refractivity contribution < 1.29 is 8.78 Å². The maximum atomic E-state index is 14.3. The van der Waals surface area contributed by atoms with E-state index in [1.807, 2.05) is 0 Å². The molecule has 29 heavy (non-hydrogen) atoms. The van der Waals surface area contributed by atoms with Crippen LogP contribution in [0.5, 0.6) is 0 Å². The van der Waals surface area contributed by atoms with Gasteiger partial charge in [-0.2, -0.15) is 0 Å². The molecular weight excluding hydrogens is 374 g/mol. The minimum atomic E-state index is -0.876. The number of benzene rings is 1. The number of aryl methyl sites for hydroxylation is 1. The number of aromatic nitrogens is 6. The Bertz CT molecular complexity index is 1170. The number of halogens is 2. The molecule has 8 heteroatoms. The van der Waals surface area contributed by atoms with Gasteiger partial charge in [0.15, 0.2) is 23.3 Å². The zero-order valence-electron chi connectivity index (χ0n) is 15.5. The first-order valence-corrected chi connectivity index (χ1v) is 9.19. The summed E-state index contributed by atoms with van der Waals surface area (Å²) in [4.78, 5) is 21.1. The number of hydrogen-bond acceptors (Lipinski definition) is 5. The summed E-state index contributed by atoms with van der Waals surface area (Å²) in [6, 6.07) is 4.70. The smallest absolute Gasteiger partial charge is 0.197 e. The molecule has 0 bridgehead atoms. The summed E-state index contributed by atoms with van der Waals surface area (Å²) >= 11 is 0. The summed E-state index contributed by atoms with van der Waals surface area (Å²) in [6.45, 7) is 1.80. The van der Waals surface area contributed by atoms with Gasteiger partial charge in [-0.05, 0) is 54.5 Å². The second kappa shape index (κ2) is 6.80. The topological polar surface area (TPSA) is 69.4 Å². The van der Waals surface area contributed by atoms with Crippen molar-refractivity contribution in [2.75, 3.05) is 0 Å². The van der Waals surface area contributed by atoms with E-state index < -0.39 is 11.6 Å². The molecule has 4 aromatic rings. The highest BCUT2D eigenvalue weighted by atomic mass is 19.2. The van der Waals surface area contributed by atoms with Crippen LogP contribution in [0, 0.1) is 18.6 Å². The van der Waals surface area contributed by atoms with Gasteiger partial charge in [0.05, 0.1) is 17.7 Å². The monoisotopic (exact) mass is 390 g/mol. The molecule has 1 aromatic carbocycles. The van der Waals surface area contributed by atoms with E-state index in [9.17, 15) is 8.78 Å². The Morgan fingerprint density at radius 2 is 1.59 bits per heavy atom. The van der Waals surface area contributed by atoms with Gasteiger partial charge in [0, 0.05) is 31.0 Å². The average Bonchev–Trinajstić information content (AvgIpc) is 3.44. The summed E-state index contributed by atoms with van der Waals surface area (Å²) in [5.41, 5.74) is 2.61. The van der Waals surface area contributed by atoms with Gasteiger partial charge >= 0.3 is 0 Å². The van der Waals surface area contributed by atoms with Gasteiger partial charge in [0.25, 0.3) is 0 Å². The molecule has 0 N–H and O–H groups in total. The van der Waals surface area contributed by atoms with Crippen molar-refractivity contribution in [2.45, 2.75) is 25.2 Å². The van der Waals surface area contributed by atoms with Crippen molar-refractivity contribution in [2.24, 2.45) is 0 Å². The third-order valence-electron chi connectivity index (χ3n) is 5.11. The summed E-state index contributed by atoms with van der Waals surface area (Å²) in [5, 5.41) is 0. The SMILES string of the molecule is Cc1cn(-c2cc(C3CC3c3cnc(-c4ncccn4)nc3)cc(F)c2F)cn1. The van der Waals surface area contributed by atoms with Gasteiger partial charge in [-0.25, -0.2) is 33.7 Å². The average molecular weight is 390 g/mol. The van der Waals surface area contributed by atoms with Crippen LogP contribution in [0.25, 0.3) is 17.3 Å². The first-order valence-electron chi connectivity index (χ1n) is 9.19. The van der Waals surface area contributed by atoms with E-state index in [0.29, 0.717) is 11.6 Å². The molecule has 5 rings (SSSR count). The largest absolute Gasteiger partial charge is 0.303 e. The highest BCUT2D eigenvalue weighted by Gasteiger charge is 2.40. The minimum absolute atomic E-state index is 0.0934. The molecule has 144 valence electrons. The summed E-state index contributed by atoms with van der Waals surface area (Å²) < 4.78 is 30.1. The normalized spacial score (nSPS) is 18.0. The minimum Gasteiger partial charge on any atom is -0.303 e. The molecule has 2 atom stereocenters. The maximum absolute atomic E-state index is 14.3. The predicted octanol–water partition coefficient (Wildman–Crippen LogP) is 3.98.